The van der Waals surface area contributed by atoms with Gasteiger partial charge in [-0.1, -0.05) is 11.6 Å². The lowest BCUT2D eigenvalue weighted by molar-refractivity contribution is 0.402. The summed E-state index contributed by atoms with van der Waals surface area (Å²) in [6, 6.07) is 7.69. The number of benzene rings is 1. The Balaban J connectivity index is 1.94. The third-order valence-corrected chi connectivity index (χ3v) is 4.72. The van der Waals surface area contributed by atoms with Gasteiger partial charge in [0.15, 0.2) is 0 Å². The van der Waals surface area contributed by atoms with Gasteiger partial charge in [-0.2, -0.15) is 11.8 Å². The lowest BCUT2D eigenvalue weighted by Crippen LogP contribution is -2.20. The average Bonchev–Trinajstić information content (AvgIpc) is 2.96. The molecule has 3 rings (SSSR count). The quantitative estimate of drug-likeness (QED) is 0.899. The van der Waals surface area contributed by atoms with Crippen molar-refractivity contribution in [1.82, 2.24) is 0 Å². The Morgan fingerprint density at radius 2 is 2.29 bits per heavy atom. The van der Waals surface area contributed by atoms with Crippen LogP contribution in [-0.4, -0.2) is 11.5 Å². The van der Waals surface area contributed by atoms with Crippen LogP contribution >= 0.6 is 23.4 Å². The largest absolute Gasteiger partial charge is 0.459 e. The Morgan fingerprint density at radius 1 is 1.41 bits per heavy atom. The summed E-state index contributed by atoms with van der Waals surface area (Å²) in [5.74, 6) is 3.77. The van der Waals surface area contributed by atoms with Gasteiger partial charge in [-0.15, -0.1) is 0 Å². The molecule has 2 aromatic rings. The van der Waals surface area contributed by atoms with E-state index in [2.05, 4.69) is 0 Å². The second-order valence-corrected chi connectivity index (χ2v) is 6.07. The van der Waals surface area contributed by atoms with Crippen LogP contribution in [0.4, 0.5) is 0 Å². The molecular weight excluding hydrogens is 254 g/mol. The van der Waals surface area contributed by atoms with Crippen LogP contribution < -0.4 is 5.73 Å². The topological polar surface area (TPSA) is 39.2 Å². The van der Waals surface area contributed by atoms with Gasteiger partial charge in [0.25, 0.3) is 0 Å². The van der Waals surface area contributed by atoms with Gasteiger partial charge >= 0.3 is 0 Å². The van der Waals surface area contributed by atoms with Crippen molar-refractivity contribution in [2.24, 2.45) is 11.7 Å². The second-order valence-electron chi connectivity index (χ2n) is 4.48. The molecule has 4 heteroatoms. The normalized spacial score (nSPS) is 22.1. The van der Waals surface area contributed by atoms with Crippen LogP contribution in [0.15, 0.2) is 28.7 Å². The van der Waals surface area contributed by atoms with Crippen LogP contribution in [0.2, 0.25) is 5.02 Å². The molecule has 1 aliphatic rings. The fourth-order valence-corrected chi connectivity index (χ4v) is 3.76. The number of nitrogens with two attached hydrogens (primary N) is 1. The van der Waals surface area contributed by atoms with Gasteiger partial charge in [-0.05, 0) is 48.1 Å². The summed E-state index contributed by atoms with van der Waals surface area (Å²) in [4.78, 5) is 0. The Labute approximate surface area is 109 Å². The summed E-state index contributed by atoms with van der Waals surface area (Å²) in [6.07, 6.45) is 1.18. The highest BCUT2D eigenvalue weighted by Crippen LogP contribution is 2.35. The average molecular weight is 268 g/mol. The first-order valence-electron chi connectivity index (χ1n) is 5.76. The highest BCUT2D eigenvalue weighted by atomic mass is 35.5. The molecule has 0 aliphatic carbocycles. The van der Waals surface area contributed by atoms with E-state index in [1.165, 1.54) is 12.2 Å². The van der Waals surface area contributed by atoms with E-state index in [0.29, 0.717) is 5.92 Å². The monoisotopic (exact) mass is 267 g/mol. The van der Waals surface area contributed by atoms with Crippen LogP contribution in [0, 0.1) is 5.92 Å². The second kappa shape index (κ2) is 4.56. The smallest absolute Gasteiger partial charge is 0.134 e. The van der Waals surface area contributed by atoms with Crippen molar-refractivity contribution in [3.8, 4) is 0 Å². The molecule has 0 radical (unpaired) electrons. The minimum Gasteiger partial charge on any atom is -0.459 e. The van der Waals surface area contributed by atoms with E-state index in [0.717, 1.165) is 27.5 Å². The van der Waals surface area contributed by atoms with Crippen LogP contribution in [0.1, 0.15) is 18.2 Å². The number of rotatable bonds is 2. The summed E-state index contributed by atoms with van der Waals surface area (Å²) in [5, 5.41) is 1.77. The minimum atomic E-state index is 0.0103. The third kappa shape index (κ3) is 2.19. The van der Waals surface area contributed by atoms with E-state index >= 15 is 0 Å². The van der Waals surface area contributed by atoms with Gasteiger partial charge in [0.05, 0.1) is 6.04 Å². The maximum atomic E-state index is 6.26. The zero-order valence-electron chi connectivity index (χ0n) is 9.36. The summed E-state index contributed by atoms with van der Waals surface area (Å²) < 4.78 is 5.80. The SMILES string of the molecule is NC(c1cc2cc(Cl)ccc2o1)C1CCSC1. The Morgan fingerprint density at radius 3 is 3.06 bits per heavy atom. The molecule has 2 unspecified atom stereocenters. The number of thioether (sulfide) groups is 1. The molecule has 1 saturated heterocycles. The van der Waals surface area contributed by atoms with Crippen molar-refractivity contribution in [3.63, 3.8) is 0 Å². The van der Waals surface area contributed by atoms with E-state index in [4.69, 9.17) is 21.8 Å². The molecule has 0 bridgehead atoms. The molecule has 0 saturated carbocycles. The molecule has 90 valence electrons. The van der Waals surface area contributed by atoms with Gasteiger partial charge in [0.2, 0.25) is 0 Å². The molecule has 2 N–H and O–H groups in total. The fourth-order valence-electron chi connectivity index (χ4n) is 2.27. The maximum Gasteiger partial charge on any atom is 0.134 e. The van der Waals surface area contributed by atoms with Gasteiger partial charge < -0.3 is 10.2 Å². The molecule has 2 atom stereocenters. The van der Waals surface area contributed by atoms with Gasteiger partial charge in [-0.25, -0.2) is 0 Å². The van der Waals surface area contributed by atoms with Crippen molar-refractivity contribution in [1.29, 1.82) is 0 Å². The van der Waals surface area contributed by atoms with Gasteiger partial charge in [0, 0.05) is 10.4 Å². The summed E-state index contributed by atoms with van der Waals surface area (Å²) in [6.45, 7) is 0. The zero-order chi connectivity index (χ0) is 11.8. The summed E-state index contributed by atoms with van der Waals surface area (Å²) in [7, 11) is 0. The summed E-state index contributed by atoms with van der Waals surface area (Å²) in [5.41, 5.74) is 7.13. The van der Waals surface area contributed by atoms with Crippen molar-refractivity contribution in [2.75, 3.05) is 11.5 Å². The van der Waals surface area contributed by atoms with Crippen LogP contribution in [0.25, 0.3) is 11.0 Å². The highest BCUT2D eigenvalue weighted by Gasteiger charge is 2.26. The van der Waals surface area contributed by atoms with E-state index < -0.39 is 0 Å². The molecule has 2 heterocycles. The first-order valence-corrected chi connectivity index (χ1v) is 7.29. The number of hydrogen-bond acceptors (Lipinski definition) is 3. The standard InChI is InChI=1S/C13H14ClNOS/c14-10-1-2-11-9(5-10)6-12(16-11)13(15)8-3-4-17-7-8/h1-2,5-6,8,13H,3-4,7,15H2. The van der Waals surface area contributed by atoms with Crippen LogP contribution in [0.5, 0.6) is 0 Å². The number of fused-ring (bicyclic) bond motifs is 1. The lowest BCUT2D eigenvalue weighted by atomic mass is 9.98. The van der Waals surface area contributed by atoms with E-state index in [-0.39, 0.29) is 6.04 Å². The van der Waals surface area contributed by atoms with Crippen molar-refractivity contribution in [3.05, 3.63) is 35.0 Å². The molecule has 2 nitrogen and oxygen atoms in total. The Hall–Kier alpha value is -0.640. The van der Waals surface area contributed by atoms with E-state index in [9.17, 15) is 0 Å². The molecule has 1 fully saturated rings. The Bertz CT molecular complexity index is 533. The molecule has 1 aromatic heterocycles. The van der Waals surface area contributed by atoms with E-state index in [1.807, 2.05) is 36.0 Å². The maximum absolute atomic E-state index is 6.26. The predicted molar refractivity (Wildman–Crippen MR) is 73.6 cm³/mol. The zero-order valence-corrected chi connectivity index (χ0v) is 10.9. The summed E-state index contributed by atoms with van der Waals surface area (Å²) >= 11 is 7.93. The van der Waals surface area contributed by atoms with Crippen molar-refractivity contribution < 1.29 is 4.42 Å². The van der Waals surface area contributed by atoms with Crippen molar-refractivity contribution in [2.45, 2.75) is 12.5 Å². The first kappa shape index (κ1) is 11.5. The van der Waals surface area contributed by atoms with Gasteiger partial charge in [-0.3, -0.25) is 0 Å². The minimum absolute atomic E-state index is 0.0103. The number of furan rings is 1. The van der Waals surface area contributed by atoms with E-state index in [1.54, 1.807) is 0 Å². The third-order valence-electron chi connectivity index (χ3n) is 3.30. The number of hydrogen-bond donors (Lipinski definition) is 1. The predicted octanol–water partition coefficient (Wildman–Crippen LogP) is 3.84. The fraction of sp³-hybridized carbons (Fsp3) is 0.385. The molecule has 0 amide bonds. The molecular formula is C13H14ClNOS. The Kier molecular flexibility index (Phi) is 3.07. The molecule has 1 aromatic carbocycles. The molecule has 17 heavy (non-hydrogen) atoms. The van der Waals surface area contributed by atoms with Crippen LogP contribution in [-0.2, 0) is 0 Å². The van der Waals surface area contributed by atoms with Gasteiger partial charge in [0.1, 0.15) is 11.3 Å². The number of halogens is 1. The first-order chi connectivity index (χ1) is 8.24. The highest BCUT2D eigenvalue weighted by molar-refractivity contribution is 7.99. The molecule has 1 aliphatic heterocycles. The lowest BCUT2D eigenvalue weighted by Gasteiger charge is -2.15. The van der Waals surface area contributed by atoms with Crippen molar-refractivity contribution >= 4 is 34.3 Å². The van der Waals surface area contributed by atoms with Crippen LogP contribution in [0.3, 0.4) is 0 Å². The molecule has 0 spiro atoms.